The number of benzene rings is 1. The number of hydrogen-bond acceptors (Lipinski definition) is 3. The lowest BCUT2D eigenvalue weighted by Gasteiger charge is -2.08. The number of hydrogen-bond donors (Lipinski definition) is 1. The molecule has 0 bridgehead atoms. The summed E-state index contributed by atoms with van der Waals surface area (Å²) in [5.74, 6) is -3.92. The van der Waals surface area contributed by atoms with Gasteiger partial charge in [-0.2, -0.15) is 0 Å². The number of anilines is 2. The van der Waals surface area contributed by atoms with Crippen LogP contribution in [0.5, 0.6) is 0 Å². The van der Waals surface area contributed by atoms with Crippen molar-refractivity contribution in [2.75, 3.05) is 5.32 Å². The standard InChI is InChI=1S/C11H7ClF3N3/c1-5-4-8(18-11(12)16-5)17-7-3-2-6(13)9(14)10(7)15/h2-4H,1H3,(H,16,17,18). The zero-order valence-electron chi connectivity index (χ0n) is 9.14. The van der Waals surface area contributed by atoms with Crippen LogP contribution in [0.3, 0.4) is 0 Å². The van der Waals surface area contributed by atoms with E-state index in [2.05, 4.69) is 15.3 Å². The van der Waals surface area contributed by atoms with E-state index in [-0.39, 0.29) is 16.8 Å². The minimum absolute atomic E-state index is 0.0273. The van der Waals surface area contributed by atoms with Crippen LogP contribution in [0.1, 0.15) is 5.69 Å². The zero-order chi connectivity index (χ0) is 13.3. The molecule has 2 aromatic rings. The van der Waals surface area contributed by atoms with Crippen molar-refractivity contribution in [1.82, 2.24) is 9.97 Å². The molecule has 0 aliphatic rings. The van der Waals surface area contributed by atoms with Gasteiger partial charge in [0.25, 0.3) is 0 Å². The largest absolute Gasteiger partial charge is 0.338 e. The zero-order valence-corrected chi connectivity index (χ0v) is 9.89. The fraction of sp³-hybridized carbons (Fsp3) is 0.0909. The highest BCUT2D eigenvalue weighted by Gasteiger charge is 2.14. The smallest absolute Gasteiger partial charge is 0.224 e. The van der Waals surface area contributed by atoms with E-state index in [0.29, 0.717) is 5.69 Å². The maximum atomic E-state index is 13.4. The Kier molecular flexibility index (Phi) is 3.38. The summed E-state index contributed by atoms with van der Waals surface area (Å²) in [6.07, 6.45) is 0. The molecule has 2 rings (SSSR count). The van der Waals surface area contributed by atoms with Crippen molar-refractivity contribution in [3.63, 3.8) is 0 Å². The van der Waals surface area contributed by atoms with Gasteiger partial charge in [-0.1, -0.05) is 0 Å². The summed E-state index contributed by atoms with van der Waals surface area (Å²) in [7, 11) is 0. The van der Waals surface area contributed by atoms with E-state index < -0.39 is 17.5 Å². The van der Waals surface area contributed by atoms with E-state index in [1.165, 1.54) is 6.07 Å². The molecule has 18 heavy (non-hydrogen) atoms. The lowest BCUT2D eigenvalue weighted by Crippen LogP contribution is -2.01. The second-order valence-corrected chi connectivity index (χ2v) is 3.85. The first-order valence-electron chi connectivity index (χ1n) is 4.89. The first-order valence-corrected chi connectivity index (χ1v) is 5.27. The summed E-state index contributed by atoms with van der Waals surface area (Å²) in [6.45, 7) is 1.67. The Bertz CT molecular complexity index is 584. The lowest BCUT2D eigenvalue weighted by atomic mass is 10.2. The summed E-state index contributed by atoms with van der Waals surface area (Å²) >= 11 is 5.62. The van der Waals surface area contributed by atoms with Gasteiger partial charge in [0.15, 0.2) is 17.5 Å². The summed E-state index contributed by atoms with van der Waals surface area (Å²) in [5, 5.41) is 2.48. The predicted molar refractivity (Wildman–Crippen MR) is 61.4 cm³/mol. The molecule has 0 spiro atoms. The maximum absolute atomic E-state index is 13.4. The van der Waals surface area contributed by atoms with Gasteiger partial charge in [-0.25, -0.2) is 23.1 Å². The molecule has 1 aromatic carbocycles. The lowest BCUT2D eigenvalue weighted by molar-refractivity contribution is 0.449. The molecule has 1 N–H and O–H groups in total. The van der Waals surface area contributed by atoms with Crippen molar-refractivity contribution < 1.29 is 13.2 Å². The number of aromatic nitrogens is 2. The molecule has 94 valence electrons. The summed E-state index contributed by atoms with van der Waals surface area (Å²) < 4.78 is 39.1. The van der Waals surface area contributed by atoms with Gasteiger partial charge in [0.05, 0.1) is 5.69 Å². The van der Waals surface area contributed by atoms with Crippen molar-refractivity contribution in [2.24, 2.45) is 0 Å². The van der Waals surface area contributed by atoms with E-state index in [1.807, 2.05) is 0 Å². The van der Waals surface area contributed by atoms with Crippen molar-refractivity contribution in [2.45, 2.75) is 6.92 Å². The Labute approximate surface area is 106 Å². The monoisotopic (exact) mass is 273 g/mol. The molecule has 0 amide bonds. The maximum Gasteiger partial charge on any atom is 0.224 e. The molecule has 0 aliphatic heterocycles. The summed E-state index contributed by atoms with van der Waals surface area (Å²) in [6, 6.07) is 3.38. The Hall–Kier alpha value is -1.82. The van der Waals surface area contributed by atoms with Gasteiger partial charge in [0.1, 0.15) is 5.82 Å². The van der Waals surface area contributed by atoms with Crippen LogP contribution >= 0.6 is 11.6 Å². The van der Waals surface area contributed by atoms with Gasteiger partial charge < -0.3 is 5.32 Å². The van der Waals surface area contributed by atoms with Crippen molar-refractivity contribution >= 4 is 23.1 Å². The summed E-state index contributed by atoms with van der Waals surface area (Å²) in [5.41, 5.74) is 0.323. The molecule has 0 atom stereocenters. The van der Waals surface area contributed by atoms with Gasteiger partial charge in [0, 0.05) is 11.8 Å². The van der Waals surface area contributed by atoms with Crippen LogP contribution in [0.2, 0.25) is 5.28 Å². The molecular formula is C11H7ClF3N3. The Balaban J connectivity index is 2.37. The van der Waals surface area contributed by atoms with E-state index in [0.717, 1.165) is 12.1 Å². The second kappa shape index (κ2) is 4.81. The van der Waals surface area contributed by atoms with E-state index in [4.69, 9.17) is 11.6 Å². The molecule has 0 saturated carbocycles. The molecule has 3 nitrogen and oxygen atoms in total. The van der Waals surface area contributed by atoms with Crippen LogP contribution in [0.25, 0.3) is 0 Å². The molecule has 0 fully saturated rings. The normalized spacial score (nSPS) is 10.5. The van der Waals surface area contributed by atoms with Crippen LogP contribution in [0.4, 0.5) is 24.7 Å². The van der Waals surface area contributed by atoms with Crippen molar-refractivity contribution in [3.8, 4) is 0 Å². The highest BCUT2D eigenvalue weighted by Crippen LogP contribution is 2.23. The minimum atomic E-state index is -1.54. The molecule has 1 aromatic heterocycles. The van der Waals surface area contributed by atoms with Gasteiger partial charge >= 0.3 is 0 Å². The van der Waals surface area contributed by atoms with E-state index in [1.54, 1.807) is 6.92 Å². The fourth-order valence-electron chi connectivity index (χ4n) is 1.36. The summed E-state index contributed by atoms with van der Waals surface area (Å²) in [4.78, 5) is 7.60. The fourth-order valence-corrected chi connectivity index (χ4v) is 1.58. The highest BCUT2D eigenvalue weighted by atomic mass is 35.5. The molecule has 1 heterocycles. The Morgan fingerprint density at radius 1 is 1.11 bits per heavy atom. The predicted octanol–water partition coefficient (Wildman–Crippen LogP) is 3.60. The molecule has 0 radical (unpaired) electrons. The Morgan fingerprint density at radius 2 is 1.83 bits per heavy atom. The topological polar surface area (TPSA) is 37.8 Å². The van der Waals surface area contributed by atoms with Crippen molar-refractivity contribution in [1.29, 1.82) is 0 Å². The van der Waals surface area contributed by atoms with Gasteiger partial charge in [-0.15, -0.1) is 0 Å². The average molecular weight is 274 g/mol. The van der Waals surface area contributed by atoms with Gasteiger partial charge in [0.2, 0.25) is 5.28 Å². The minimum Gasteiger partial charge on any atom is -0.338 e. The number of halogens is 4. The average Bonchev–Trinajstić information content (AvgIpc) is 2.29. The first-order chi connectivity index (χ1) is 8.47. The van der Waals surface area contributed by atoms with Crippen LogP contribution in [0.15, 0.2) is 18.2 Å². The third-order valence-corrected chi connectivity index (χ3v) is 2.29. The van der Waals surface area contributed by atoms with E-state index in [9.17, 15) is 13.2 Å². The molecular weight excluding hydrogens is 267 g/mol. The SMILES string of the molecule is Cc1cc(Nc2ccc(F)c(F)c2F)nc(Cl)n1. The Morgan fingerprint density at radius 3 is 2.50 bits per heavy atom. The second-order valence-electron chi connectivity index (χ2n) is 3.51. The van der Waals surface area contributed by atoms with E-state index >= 15 is 0 Å². The molecule has 7 heteroatoms. The molecule has 0 unspecified atom stereocenters. The third kappa shape index (κ3) is 2.53. The van der Waals surface area contributed by atoms with Crippen molar-refractivity contribution in [3.05, 3.63) is 46.6 Å². The number of rotatable bonds is 2. The van der Waals surface area contributed by atoms with Crippen LogP contribution < -0.4 is 5.32 Å². The van der Waals surface area contributed by atoms with Crippen LogP contribution in [0, 0.1) is 24.4 Å². The quantitative estimate of drug-likeness (QED) is 0.671. The van der Waals surface area contributed by atoms with Crippen LogP contribution in [-0.2, 0) is 0 Å². The third-order valence-electron chi connectivity index (χ3n) is 2.12. The number of aryl methyl sites for hydroxylation is 1. The molecule has 0 aliphatic carbocycles. The van der Waals surface area contributed by atoms with Crippen LogP contribution in [-0.4, -0.2) is 9.97 Å². The highest BCUT2D eigenvalue weighted by molar-refractivity contribution is 6.28. The van der Waals surface area contributed by atoms with Gasteiger partial charge in [-0.3, -0.25) is 0 Å². The number of nitrogens with one attached hydrogen (secondary N) is 1. The molecule has 0 saturated heterocycles. The first kappa shape index (κ1) is 12.6. The number of nitrogens with zero attached hydrogens (tertiary/aromatic N) is 2. The van der Waals surface area contributed by atoms with Gasteiger partial charge in [-0.05, 0) is 30.7 Å².